The van der Waals surface area contributed by atoms with Crippen molar-refractivity contribution < 1.29 is 13.2 Å². The molecule has 0 fully saturated rings. The van der Waals surface area contributed by atoms with E-state index in [0.717, 1.165) is 11.1 Å². The molecule has 0 radical (unpaired) electrons. The number of hydrogen-bond donors (Lipinski definition) is 0. The number of rotatable bonds is 5. The van der Waals surface area contributed by atoms with E-state index in [1.807, 2.05) is 60.4 Å². The summed E-state index contributed by atoms with van der Waals surface area (Å²) in [7, 11) is -2.30. The summed E-state index contributed by atoms with van der Waals surface area (Å²) in [6, 6.07) is 22.0. The minimum absolute atomic E-state index is 0.133. The lowest BCUT2D eigenvalue weighted by Crippen LogP contribution is -2.35. The predicted octanol–water partition coefficient (Wildman–Crippen LogP) is 4.12. The fourth-order valence-corrected chi connectivity index (χ4v) is 5.13. The van der Waals surface area contributed by atoms with E-state index in [1.54, 1.807) is 31.4 Å². The summed E-state index contributed by atoms with van der Waals surface area (Å²) in [5.74, 6) is 1.49. The lowest BCUT2D eigenvalue weighted by Gasteiger charge is -2.21. The summed E-state index contributed by atoms with van der Waals surface area (Å²) in [5.41, 5.74) is 3.62. The second-order valence-electron chi connectivity index (χ2n) is 7.71. The molecule has 162 valence electrons. The summed E-state index contributed by atoms with van der Waals surface area (Å²) in [6.45, 7) is 2.69. The molecule has 8 heteroatoms. The highest BCUT2D eigenvalue weighted by atomic mass is 32.2. The molecule has 4 aromatic rings. The first kappa shape index (κ1) is 20.3. The Labute approximate surface area is 187 Å². The van der Waals surface area contributed by atoms with E-state index in [4.69, 9.17) is 9.72 Å². The zero-order valence-electron chi connectivity index (χ0n) is 17.8. The SMILES string of the molecule is COc1ccc(S(=O)(=O)N2CN(Cc3ccc(C)cc3)c3nc4ccccc4nc32)cc1. The summed E-state index contributed by atoms with van der Waals surface area (Å²) in [5, 5.41) is 0. The Morgan fingerprint density at radius 1 is 0.875 bits per heavy atom. The first-order chi connectivity index (χ1) is 15.5. The van der Waals surface area contributed by atoms with Crippen molar-refractivity contribution in [1.29, 1.82) is 0 Å². The Kier molecular flexibility index (Phi) is 4.94. The van der Waals surface area contributed by atoms with Crippen LogP contribution in [0, 0.1) is 6.92 Å². The van der Waals surface area contributed by atoms with Crippen LogP contribution in [0.25, 0.3) is 11.0 Å². The molecule has 1 aromatic heterocycles. The van der Waals surface area contributed by atoms with E-state index in [1.165, 1.54) is 9.87 Å². The van der Waals surface area contributed by atoms with Gasteiger partial charge >= 0.3 is 0 Å². The van der Waals surface area contributed by atoms with Crippen LogP contribution >= 0.6 is 0 Å². The highest BCUT2D eigenvalue weighted by Gasteiger charge is 2.38. The van der Waals surface area contributed by atoms with Gasteiger partial charge in [0.1, 0.15) is 12.4 Å². The minimum Gasteiger partial charge on any atom is -0.497 e. The number of aromatic nitrogens is 2. The molecule has 2 heterocycles. The number of para-hydroxylation sites is 2. The number of anilines is 2. The third-order valence-corrected chi connectivity index (χ3v) is 7.25. The average Bonchev–Trinajstić information content (AvgIpc) is 3.17. The fourth-order valence-electron chi connectivity index (χ4n) is 3.75. The Morgan fingerprint density at radius 2 is 1.50 bits per heavy atom. The molecule has 3 aromatic carbocycles. The topological polar surface area (TPSA) is 75.6 Å². The van der Waals surface area contributed by atoms with E-state index in [-0.39, 0.29) is 11.6 Å². The van der Waals surface area contributed by atoms with Crippen molar-refractivity contribution in [3.63, 3.8) is 0 Å². The van der Waals surface area contributed by atoms with E-state index in [2.05, 4.69) is 4.98 Å². The van der Waals surface area contributed by atoms with Crippen molar-refractivity contribution in [3.05, 3.63) is 83.9 Å². The number of fused-ring (bicyclic) bond motifs is 2. The highest BCUT2D eigenvalue weighted by Crippen LogP contribution is 2.38. The monoisotopic (exact) mass is 446 g/mol. The Bertz CT molecular complexity index is 1390. The third kappa shape index (κ3) is 3.52. The molecule has 0 bridgehead atoms. The molecule has 0 saturated carbocycles. The smallest absolute Gasteiger partial charge is 0.267 e. The lowest BCUT2D eigenvalue weighted by atomic mass is 10.1. The van der Waals surface area contributed by atoms with Gasteiger partial charge in [0, 0.05) is 6.54 Å². The van der Waals surface area contributed by atoms with Crippen LogP contribution in [0.2, 0.25) is 0 Å². The van der Waals surface area contributed by atoms with Crippen molar-refractivity contribution >= 4 is 32.7 Å². The molecule has 0 N–H and O–H groups in total. The number of sulfonamides is 1. The summed E-state index contributed by atoms with van der Waals surface area (Å²) < 4.78 is 33.6. The van der Waals surface area contributed by atoms with Gasteiger partial charge < -0.3 is 9.64 Å². The number of nitrogens with zero attached hydrogens (tertiary/aromatic N) is 4. The number of benzene rings is 3. The summed E-state index contributed by atoms with van der Waals surface area (Å²) in [6.07, 6.45) is 0. The molecule has 0 aliphatic carbocycles. The van der Waals surface area contributed by atoms with Crippen LogP contribution in [0.15, 0.2) is 77.7 Å². The molecule has 0 amide bonds. The normalized spacial score (nSPS) is 13.4. The van der Waals surface area contributed by atoms with Crippen LogP contribution in [0.3, 0.4) is 0 Å². The number of ether oxygens (including phenoxy) is 1. The summed E-state index contributed by atoms with van der Waals surface area (Å²) >= 11 is 0. The molecular formula is C24H22N4O3S. The van der Waals surface area contributed by atoms with Gasteiger partial charge in [-0.1, -0.05) is 42.0 Å². The maximum atomic E-state index is 13.6. The molecule has 1 aliphatic rings. The highest BCUT2D eigenvalue weighted by molar-refractivity contribution is 7.92. The third-order valence-electron chi connectivity index (χ3n) is 5.51. The number of hydrogen-bond acceptors (Lipinski definition) is 6. The largest absolute Gasteiger partial charge is 0.497 e. The molecule has 5 rings (SSSR count). The zero-order chi connectivity index (χ0) is 22.3. The minimum atomic E-state index is -3.84. The van der Waals surface area contributed by atoms with Crippen molar-refractivity contribution in [2.45, 2.75) is 18.4 Å². The Hall–Kier alpha value is -3.65. The fraction of sp³-hybridized carbons (Fsp3) is 0.167. The number of methoxy groups -OCH3 is 1. The van der Waals surface area contributed by atoms with Crippen LogP contribution in [0.1, 0.15) is 11.1 Å². The van der Waals surface area contributed by atoms with Gasteiger partial charge in [0.15, 0.2) is 11.6 Å². The standard InChI is InChI=1S/C24H22N4O3S/c1-17-7-9-18(10-8-17)15-27-16-28(32(29,30)20-13-11-19(31-2)12-14-20)24-23(27)25-21-5-3-4-6-22(21)26-24/h3-14H,15-16H2,1-2H3. The second kappa shape index (κ2) is 7.80. The van der Waals surface area contributed by atoms with E-state index in [0.29, 0.717) is 29.4 Å². The molecule has 0 unspecified atom stereocenters. The molecule has 0 saturated heterocycles. The van der Waals surface area contributed by atoms with Gasteiger partial charge in [0.05, 0.1) is 23.0 Å². The predicted molar refractivity (Wildman–Crippen MR) is 124 cm³/mol. The van der Waals surface area contributed by atoms with E-state index >= 15 is 0 Å². The lowest BCUT2D eigenvalue weighted by molar-refractivity contribution is 0.414. The summed E-state index contributed by atoms with van der Waals surface area (Å²) in [4.78, 5) is 11.6. The molecule has 1 aliphatic heterocycles. The van der Waals surface area contributed by atoms with Gasteiger partial charge in [-0.05, 0) is 48.9 Å². The van der Waals surface area contributed by atoms with Gasteiger partial charge in [-0.2, -0.15) is 0 Å². The average molecular weight is 447 g/mol. The number of aryl methyl sites for hydroxylation is 1. The Morgan fingerprint density at radius 3 is 2.12 bits per heavy atom. The van der Waals surface area contributed by atoms with Gasteiger partial charge in [-0.15, -0.1) is 0 Å². The van der Waals surface area contributed by atoms with Crippen LogP contribution < -0.4 is 13.9 Å². The van der Waals surface area contributed by atoms with Crippen molar-refractivity contribution in [3.8, 4) is 5.75 Å². The molecular weight excluding hydrogens is 424 g/mol. The van der Waals surface area contributed by atoms with Crippen LogP contribution in [-0.2, 0) is 16.6 Å². The first-order valence-electron chi connectivity index (χ1n) is 10.2. The molecule has 0 atom stereocenters. The molecule has 7 nitrogen and oxygen atoms in total. The van der Waals surface area contributed by atoms with Gasteiger partial charge in [-0.25, -0.2) is 22.7 Å². The van der Waals surface area contributed by atoms with E-state index in [9.17, 15) is 8.42 Å². The zero-order valence-corrected chi connectivity index (χ0v) is 18.6. The van der Waals surface area contributed by atoms with E-state index < -0.39 is 10.0 Å². The Balaban J connectivity index is 1.59. The first-order valence-corrected chi connectivity index (χ1v) is 11.6. The van der Waals surface area contributed by atoms with Crippen molar-refractivity contribution in [1.82, 2.24) is 9.97 Å². The maximum absolute atomic E-state index is 13.6. The van der Waals surface area contributed by atoms with Gasteiger partial charge in [0.2, 0.25) is 0 Å². The second-order valence-corrected chi connectivity index (χ2v) is 9.58. The molecule has 32 heavy (non-hydrogen) atoms. The van der Waals surface area contributed by atoms with Crippen LogP contribution in [0.5, 0.6) is 5.75 Å². The van der Waals surface area contributed by atoms with Gasteiger partial charge in [0.25, 0.3) is 10.0 Å². The van der Waals surface area contributed by atoms with Crippen molar-refractivity contribution in [2.75, 3.05) is 23.0 Å². The quantitative estimate of drug-likeness (QED) is 0.459. The van der Waals surface area contributed by atoms with Crippen LogP contribution in [0.4, 0.5) is 11.6 Å². The molecule has 0 spiro atoms. The maximum Gasteiger partial charge on any atom is 0.267 e. The van der Waals surface area contributed by atoms with Crippen molar-refractivity contribution in [2.24, 2.45) is 0 Å². The van der Waals surface area contributed by atoms with Gasteiger partial charge in [-0.3, -0.25) is 0 Å². The van der Waals surface area contributed by atoms with Crippen LogP contribution in [-0.4, -0.2) is 32.2 Å².